The highest BCUT2D eigenvalue weighted by molar-refractivity contribution is 7.15. The molecule has 0 radical (unpaired) electrons. The van der Waals surface area contributed by atoms with Crippen molar-refractivity contribution < 1.29 is 9.21 Å². The lowest BCUT2D eigenvalue weighted by Crippen LogP contribution is -2.26. The van der Waals surface area contributed by atoms with E-state index in [1.807, 2.05) is 39.0 Å². The number of carbonyl (C=O) groups is 1. The minimum Gasteiger partial charge on any atom is -0.451 e. The number of aromatic nitrogens is 2. The standard InChI is InChI=1S/C15H16N4O2S/c1-7-4-5-10-8(2)12(21-11(10)6-7)13(20)17-9(3)14-18-19-15(16)22-14/h4-6,9H,1-3H3,(H2,16,19)(H,17,20)/t9-/m1/s1. The summed E-state index contributed by atoms with van der Waals surface area (Å²) in [7, 11) is 0. The van der Waals surface area contributed by atoms with Gasteiger partial charge in [-0.15, -0.1) is 10.2 Å². The van der Waals surface area contributed by atoms with E-state index in [2.05, 4.69) is 15.5 Å². The third-order valence-corrected chi connectivity index (χ3v) is 4.41. The lowest BCUT2D eigenvalue weighted by atomic mass is 10.1. The van der Waals surface area contributed by atoms with Crippen molar-refractivity contribution in [2.24, 2.45) is 0 Å². The minimum absolute atomic E-state index is 0.271. The van der Waals surface area contributed by atoms with Crippen molar-refractivity contribution in [3.63, 3.8) is 0 Å². The molecule has 0 bridgehead atoms. The predicted octanol–water partition coefficient (Wildman–Crippen LogP) is 2.97. The van der Waals surface area contributed by atoms with Gasteiger partial charge in [-0.2, -0.15) is 0 Å². The lowest BCUT2D eigenvalue weighted by Gasteiger charge is -2.09. The van der Waals surface area contributed by atoms with Crippen LogP contribution in [0.15, 0.2) is 22.6 Å². The van der Waals surface area contributed by atoms with Crippen molar-refractivity contribution in [2.45, 2.75) is 26.8 Å². The smallest absolute Gasteiger partial charge is 0.287 e. The fourth-order valence-electron chi connectivity index (χ4n) is 2.29. The number of aryl methyl sites for hydroxylation is 2. The van der Waals surface area contributed by atoms with E-state index in [-0.39, 0.29) is 11.9 Å². The van der Waals surface area contributed by atoms with Crippen LogP contribution in [0.25, 0.3) is 11.0 Å². The van der Waals surface area contributed by atoms with Crippen LogP contribution in [0.4, 0.5) is 5.13 Å². The zero-order chi connectivity index (χ0) is 15.9. The van der Waals surface area contributed by atoms with E-state index in [9.17, 15) is 4.79 Å². The highest BCUT2D eigenvalue weighted by atomic mass is 32.1. The van der Waals surface area contributed by atoms with E-state index in [0.717, 1.165) is 22.1 Å². The van der Waals surface area contributed by atoms with Crippen molar-refractivity contribution in [1.29, 1.82) is 0 Å². The van der Waals surface area contributed by atoms with Gasteiger partial charge in [-0.3, -0.25) is 4.79 Å². The van der Waals surface area contributed by atoms with E-state index < -0.39 is 0 Å². The van der Waals surface area contributed by atoms with Gasteiger partial charge in [-0.05, 0) is 32.4 Å². The molecule has 0 aliphatic heterocycles. The molecular formula is C15H16N4O2S. The van der Waals surface area contributed by atoms with Crippen LogP contribution < -0.4 is 11.1 Å². The molecular weight excluding hydrogens is 300 g/mol. The van der Waals surface area contributed by atoms with Crippen LogP contribution in [-0.4, -0.2) is 16.1 Å². The summed E-state index contributed by atoms with van der Waals surface area (Å²) in [5.41, 5.74) is 8.20. The number of anilines is 1. The predicted molar refractivity (Wildman–Crippen MR) is 85.9 cm³/mol. The van der Waals surface area contributed by atoms with E-state index in [4.69, 9.17) is 10.2 Å². The fourth-order valence-corrected chi connectivity index (χ4v) is 2.91. The van der Waals surface area contributed by atoms with Gasteiger partial charge in [0.15, 0.2) is 5.76 Å². The maximum absolute atomic E-state index is 12.4. The summed E-state index contributed by atoms with van der Waals surface area (Å²) in [6, 6.07) is 5.61. The first-order chi connectivity index (χ1) is 10.5. The van der Waals surface area contributed by atoms with Crippen LogP contribution in [0, 0.1) is 13.8 Å². The Hall–Kier alpha value is -2.41. The molecule has 6 nitrogen and oxygen atoms in total. The summed E-state index contributed by atoms with van der Waals surface area (Å²) >= 11 is 1.25. The number of amides is 1. The summed E-state index contributed by atoms with van der Waals surface area (Å²) in [5, 5.41) is 12.5. The number of carbonyl (C=O) groups excluding carboxylic acids is 1. The molecule has 1 atom stereocenters. The second-order valence-corrected chi connectivity index (χ2v) is 6.27. The van der Waals surface area contributed by atoms with E-state index >= 15 is 0 Å². The molecule has 2 aromatic heterocycles. The molecule has 2 heterocycles. The monoisotopic (exact) mass is 316 g/mol. The minimum atomic E-state index is -0.281. The molecule has 0 fully saturated rings. The number of nitrogens with two attached hydrogens (primary N) is 1. The normalized spacial score (nSPS) is 12.5. The zero-order valence-corrected chi connectivity index (χ0v) is 13.3. The average molecular weight is 316 g/mol. The van der Waals surface area contributed by atoms with Crippen LogP contribution >= 0.6 is 11.3 Å². The first-order valence-electron chi connectivity index (χ1n) is 6.85. The highest BCUT2D eigenvalue weighted by Crippen LogP contribution is 2.27. The molecule has 0 aliphatic rings. The number of nitrogens with zero attached hydrogens (tertiary/aromatic N) is 2. The molecule has 3 N–H and O–H groups in total. The van der Waals surface area contributed by atoms with E-state index in [1.165, 1.54) is 11.3 Å². The number of nitrogen functional groups attached to an aromatic ring is 1. The van der Waals surface area contributed by atoms with E-state index in [1.54, 1.807) is 0 Å². The van der Waals surface area contributed by atoms with Gasteiger partial charge in [0.2, 0.25) is 5.13 Å². The van der Waals surface area contributed by atoms with Crippen LogP contribution in [0.3, 0.4) is 0 Å². The fraction of sp³-hybridized carbons (Fsp3) is 0.267. The molecule has 3 rings (SSSR count). The second kappa shape index (κ2) is 5.42. The molecule has 1 amide bonds. The molecule has 0 unspecified atom stereocenters. The van der Waals surface area contributed by atoms with Gasteiger partial charge in [0, 0.05) is 10.9 Å². The largest absolute Gasteiger partial charge is 0.451 e. The van der Waals surface area contributed by atoms with Gasteiger partial charge in [0.25, 0.3) is 5.91 Å². The summed E-state index contributed by atoms with van der Waals surface area (Å²) in [4.78, 5) is 12.4. The molecule has 1 aromatic carbocycles. The molecule has 3 aromatic rings. The first kappa shape index (κ1) is 14.5. The van der Waals surface area contributed by atoms with Crippen LogP contribution in [0.5, 0.6) is 0 Å². The Bertz CT molecular complexity index is 852. The SMILES string of the molecule is Cc1ccc2c(C)c(C(=O)N[C@H](C)c3nnc(N)s3)oc2c1. The summed E-state index contributed by atoms with van der Waals surface area (Å²) in [6.07, 6.45) is 0. The number of hydrogen-bond acceptors (Lipinski definition) is 6. The molecule has 0 aliphatic carbocycles. The second-order valence-electron chi connectivity index (χ2n) is 5.23. The Morgan fingerprint density at radius 2 is 2.14 bits per heavy atom. The number of hydrogen-bond donors (Lipinski definition) is 2. The van der Waals surface area contributed by atoms with Crippen LogP contribution in [-0.2, 0) is 0 Å². The average Bonchev–Trinajstić information content (AvgIpc) is 3.03. The topological polar surface area (TPSA) is 94.0 Å². The summed E-state index contributed by atoms with van der Waals surface area (Å²) in [6.45, 7) is 5.70. The van der Waals surface area contributed by atoms with Crippen molar-refractivity contribution in [3.05, 3.63) is 40.1 Å². The van der Waals surface area contributed by atoms with Gasteiger partial charge in [-0.1, -0.05) is 23.5 Å². The quantitative estimate of drug-likeness (QED) is 0.774. The van der Waals surface area contributed by atoms with Crippen LogP contribution in [0.2, 0.25) is 0 Å². The Balaban J connectivity index is 1.87. The number of rotatable bonds is 3. The number of furan rings is 1. The third kappa shape index (κ3) is 2.55. The van der Waals surface area contributed by atoms with Crippen molar-refractivity contribution >= 4 is 33.3 Å². The maximum Gasteiger partial charge on any atom is 0.287 e. The van der Waals surface area contributed by atoms with Gasteiger partial charge in [0.05, 0.1) is 6.04 Å². The molecule has 7 heteroatoms. The summed E-state index contributed by atoms with van der Waals surface area (Å²) < 4.78 is 5.71. The van der Waals surface area contributed by atoms with Gasteiger partial charge in [-0.25, -0.2) is 0 Å². The van der Waals surface area contributed by atoms with Crippen molar-refractivity contribution in [3.8, 4) is 0 Å². The molecule has 0 saturated heterocycles. The zero-order valence-electron chi connectivity index (χ0n) is 12.5. The Kier molecular flexibility index (Phi) is 3.58. The third-order valence-electron chi connectivity index (χ3n) is 3.47. The number of fused-ring (bicyclic) bond motifs is 1. The Morgan fingerprint density at radius 1 is 1.36 bits per heavy atom. The van der Waals surface area contributed by atoms with Gasteiger partial charge in [0.1, 0.15) is 10.6 Å². The molecule has 0 saturated carbocycles. The van der Waals surface area contributed by atoms with Crippen molar-refractivity contribution in [1.82, 2.24) is 15.5 Å². The highest BCUT2D eigenvalue weighted by Gasteiger charge is 2.21. The van der Waals surface area contributed by atoms with E-state index in [0.29, 0.717) is 15.9 Å². The number of benzene rings is 1. The summed E-state index contributed by atoms with van der Waals surface area (Å²) in [5.74, 6) is 0.0533. The molecule has 0 spiro atoms. The lowest BCUT2D eigenvalue weighted by molar-refractivity contribution is 0.0913. The van der Waals surface area contributed by atoms with Gasteiger partial charge >= 0.3 is 0 Å². The van der Waals surface area contributed by atoms with Crippen LogP contribution in [0.1, 0.15) is 39.7 Å². The maximum atomic E-state index is 12.4. The molecule has 114 valence electrons. The first-order valence-corrected chi connectivity index (χ1v) is 7.67. The van der Waals surface area contributed by atoms with Gasteiger partial charge < -0.3 is 15.5 Å². The number of nitrogens with one attached hydrogen (secondary N) is 1. The molecule has 22 heavy (non-hydrogen) atoms. The Morgan fingerprint density at radius 3 is 2.82 bits per heavy atom. The van der Waals surface area contributed by atoms with Crippen molar-refractivity contribution in [2.75, 3.05) is 5.73 Å². The Labute approximate surface area is 131 Å².